The average molecular weight is 262 g/mol. The van der Waals surface area contributed by atoms with E-state index in [0.717, 1.165) is 31.6 Å². The highest BCUT2D eigenvalue weighted by atomic mass is 16.4. The van der Waals surface area contributed by atoms with Crippen LogP contribution in [0.3, 0.4) is 0 Å². The van der Waals surface area contributed by atoms with Crippen LogP contribution in [0.2, 0.25) is 0 Å². The molecular weight excluding hydrogens is 244 g/mol. The van der Waals surface area contributed by atoms with Gasteiger partial charge in [-0.3, -0.25) is 9.69 Å². The predicted molar refractivity (Wildman–Crippen MR) is 70.9 cm³/mol. The van der Waals surface area contributed by atoms with Crippen LogP contribution in [0.25, 0.3) is 0 Å². The second-order valence-electron chi connectivity index (χ2n) is 4.93. The van der Waals surface area contributed by atoms with Crippen LogP contribution in [0.5, 0.6) is 0 Å². The third-order valence-electron chi connectivity index (χ3n) is 3.26. The minimum atomic E-state index is -0.903. The quantitative estimate of drug-likeness (QED) is 0.852. The maximum atomic E-state index is 11.0. The molecule has 19 heavy (non-hydrogen) atoms. The summed E-state index contributed by atoms with van der Waals surface area (Å²) in [7, 11) is 0. The molecule has 1 heterocycles. The number of aromatic carboxylic acids is 1. The first kappa shape index (κ1) is 13.5. The van der Waals surface area contributed by atoms with Crippen molar-refractivity contribution in [2.75, 3.05) is 13.1 Å². The second kappa shape index (κ2) is 5.84. The van der Waals surface area contributed by atoms with Crippen LogP contribution >= 0.6 is 0 Å². The summed E-state index contributed by atoms with van der Waals surface area (Å²) in [6.45, 7) is 3.98. The van der Waals surface area contributed by atoms with E-state index in [-0.39, 0.29) is 11.9 Å². The van der Waals surface area contributed by atoms with Gasteiger partial charge in [0.05, 0.1) is 5.56 Å². The Morgan fingerprint density at radius 2 is 2.26 bits per heavy atom. The van der Waals surface area contributed by atoms with Crippen LogP contribution in [0.4, 0.5) is 0 Å². The van der Waals surface area contributed by atoms with Crippen molar-refractivity contribution in [1.29, 1.82) is 0 Å². The third kappa shape index (κ3) is 3.79. The van der Waals surface area contributed by atoms with E-state index >= 15 is 0 Å². The highest BCUT2D eigenvalue weighted by Crippen LogP contribution is 2.14. The standard InChI is InChI=1S/C14H18N2O3/c1-10(17)15-13-5-6-16(9-13)8-11-3-2-4-12(7-11)14(18)19/h2-4,7,13H,5-6,8-9H2,1H3,(H,15,17)(H,18,19). The zero-order chi connectivity index (χ0) is 13.8. The molecule has 2 N–H and O–H groups in total. The minimum Gasteiger partial charge on any atom is -0.478 e. The van der Waals surface area contributed by atoms with Gasteiger partial charge in [-0.05, 0) is 24.1 Å². The fraction of sp³-hybridized carbons (Fsp3) is 0.429. The van der Waals surface area contributed by atoms with Crippen LogP contribution in [-0.4, -0.2) is 41.0 Å². The zero-order valence-corrected chi connectivity index (χ0v) is 10.9. The number of carbonyl (C=O) groups excluding carboxylic acids is 1. The van der Waals surface area contributed by atoms with Gasteiger partial charge >= 0.3 is 5.97 Å². The molecule has 0 spiro atoms. The van der Waals surface area contributed by atoms with Crippen LogP contribution in [0.1, 0.15) is 29.3 Å². The largest absolute Gasteiger partial charge is 0.478 e. The first-order valence-electron chi connectivity index (χ1n) is 6.36. The molecule has 5 nitrogen and oxygen atoms in total. The van der Waals surface area contributed by atoms with Crippen molar-refractivity contribution < 1.29 is 14.7 Å². The average Bonchev–Trinajstić information content (AvgIpc) is 2.76. The number of benzene rings is 1. The molecule has 102 valence electrons. The Morgan fingerprint density at radius 3 is 2.95 bits per heavy atom. The summed E-state index contributed by atoms with van der Waals surface area (Å²) >= 11 is 0. The van der Waals surface area contributed by atoms with Crippen LogP contribution in [-0.2, 0) is 11.3 Å². The molecule has 0 radical (unpaired) electrons. The molecule has 0 saturated carbocycles. The predicted octanol–water partition coefficient (Wildman–Crippen LogP) is 1.10. The molecule has 1 unspecified atom stereocenters. The number of likely N-dealkylation sites (tertiary alicyclic amines) is 1. The van der Waals surface area contributed by atoms with Gasteiger partial charge in [-0.25, -0.2) is 4.79 Å². The number of hydrogen-bond donors (Lipinski definition) is 2. The first-order chi connectivity index (χ1) is 9.04. The molecule has 5 heteroatoms. The van der Waals surface area contributed by atoms with Crippen molar-refractivity contribution in [3.8, 4) is 0 Å². The van der Waals surface area contributed by atoms with Crippen LogP contribution in [0.15, 0.2) is 24.3 Å². The lowest BCUT2D eigenvalue weighted by Crippen LogP contribution is -2.35. The van der Waals surface area contributed by atoms with Gasteiger partial charge in [0.25, 0.3) is 0 Å². The van der Waals surface area contributed by atoms with Crippen molar-refractivity contribution in [3.05, 3.63) is 35.4 Å². The van der Waals surface area contributed by atoms with E-state index in [0.29, 0.717) is 5.56 Å². The van der Waals surface area contributed by atoms with Crippen LogP contribution < -0.4 is 5.32 Å². The Bertz CT molecular complexity index is 487. The fourth-order valence-electron chi connectivity index (χ4n) is 2.44. The maximum absolute atomic E-state index is 11.0. The SMILES string of the molecule is CC(=O)NC1CCN(Cc2cccc(C(=O)O)c2)C1. The number of carbonyl (C=O) groups is 2. The van der Waals surface area contributed by atoms with Crippen molar-refractivity contribution in [3.63, 3.8) is 0 Å². The van der Waals surface area contributed by atoms with Crippen molar-refractivity contribution in [1.82, 2.24) is 10.2 Å². The second-order valence-corrected chi connectivity index (χ2v) is 4.93. The van der Waals surface area contributed by atoms with E-state index in [1.165, 1.54) is 6.92 Å². The number of nitrogens with zero attached hydrogens (tertiary/aromatic N) is 1. The van der Waals surface area contributed by atoms with Crippen molar-refractivity contribution in [2.24, 2.45) is 0 Å². The lowest BCUT2D eigenvalue weighted by atomic mass is 10.1. The molecule has 1 fully saturated rings. The summed E-state index contributed by atoms with van der Waals surface area (Å²) in [6.07, 6.45) is 0.943. The monoisotopic (exact) mass is 262 g/mol. The Hall–Kier alpha value is -1.88. The first-order valence-corrected chi connectivity index (χ1v) is 6.36. The summed E-state index contributed by atoms with van der Waals surface area (Å²) in [5, 5.41) is 11.9. The number of hydrogen-bond acceptors (Lipinski definition) is 3. The molecule has 1 aromatic carbocycles. The molecule has 0 bridgehead atoms. The summed E-state index contributed by atoms with van der Waals surface area (Å²) in [5.74, 6) is -0.904. The van der Waals surface area contributed by atoms with Crippen molar-refractivity contribution in [2.45, 2.75) is 25.9 Å². The molecule has 0 aliphatic carbocycles. The minimum absolute atomic E-state index is 0.000255. The summed E-state index contributed by atoms with van der Waals surface area (Å²) in [6, 6.07) is 7.20. The molecule has 1 atom stereocenters. The van der Waals surface area contributed by atoms with Gasteiger partial charge in [-0.1, -0.05) is 12.1 Å². The Balaban J connectivity index is 1.93. The summed E-state index contributed by atoms with van der Waals surface area (Å²) in [5.41, 5.74) is 1.30. The number of carboxylic acids is 1. The zero-order valence-electron chi connectivity index (χ0n) is 10.9. The molecule has 0 aromatic heterocycles. The van der Waals surface area contributed by atoms with E-state index in [1.54, 1.807) is 18.2 Å². The Labute approximate surface area is 112 Å². The van der Waals surface area contributed by atoms with Gasteiger partial charge in [-0.15, -0.1) is 0 Å². The fourth-order valence-corrected chi connectivity index (χ4v) is 2.44. The van der Waals surface area contributed by atoms with E-state index in [2.05, 4.69) is 10.2 Å². The van der Waals surface area contributed by atoms with E-state index < -0.39 is 5.97 Å². The van der Waals surface area contributed by atoms with Gasteiger partial charge in [0.1, 0.15) is 0 Å². The highest BCUT2D eigenvalue weighted by Gasteiger charge is 2.22. The third-order valence-corrected chi connectivity index (χ3v) is 3.26. The number of rotatable bonds is 4. The van der Waals surface area contributed by atoms with E-state index in [4.69, 9.17) is 5.11 Å². The van der Waals surface area contributed by atoms with Gasteiger partial charge in [0.2, 0.25) is 5.91 Å². The summed E-state index contributed by atoms with van der Waals surface area (Å²) < 4.78 is 0. The molecule has 1 aliphatic heterocycles. The van der Waals surface area contributed by atoms with Gasteiger partial charge in [-0.2, -0.15) is 0 Å². The number of amides is 1. The van der Waals surface area contributed by atoms with E-state index in [1.807, 2.05) is 6.07 Å². The van der Waals surface area contributed by atoms with Gasteiger partial charge < -0.3 is 10.4 Å². The molecule has 1 amide bonds. The van der Waals surface area contributed by atoms with Gasteiger partial charge in [0.15, 0.2) is 0 Å². The highest BCUT2D eigenvalue weighted by molar-refractivity contribution is 5.87. The summed E-state index contributed by atoms with van der Waals surface area (Å²) in [4.78, 5) is 24.1. The molecule has 2 rings (SSSR count). The topological polar surface area (TPSA) is 69.6 Å². The molecule has 1 saturated heterocycles. The van der Waals surface area contributed by atoms with Gasteiger partial charge in [0, 0.05) is 32.6 Å². The van der Waals surface area contributed by atoms with Crippen molar-refractivity contribution >= 4 is 11.9 Å². The number of nitrogens with one attached hydrogen (secondary N) is 1. The smallest absolute Gasteiger partial charge is 0.335 e. The molecular formula is C14H18N2O3. The number of carboxylic acid groups (broad SMARTS) is 1. The van der Waals surface area contributed by atoms with Crippen LogP contribution in [0, 0.1) is 0 Å². The maximum Gasteiger partial charge on any atom is 0.335 e. The molecule has 1 aromatic rings. The lowest BCUT2D eigenvalue weighted by Gasteiger charge is -2.16. The Kier molecular flexibility index (Phi) is 4.16. The lowest BCUT2D eigenvalue weighted by molar-refractivity contribution is -0.119. The Morgan fingerprint density at radius 1 is 1.47 bits per heavy atom. The van der Waals surface area contributed by atoms with E-state index in [9.17, 15) is 9.59 Å². The molecule has 1 aliphatic rings. The normalized spacial score (nSPS) is 19.3.